The SMILES string of the molecule is Fc1c[c]cc(Cl)c1/N=N/c1c(F)cccc1Cl. The lowest BCUT2D eigenvalue weighted by Gasteiger charge is -2.00. The van der Waals surface area contributed by atoms with Gasteiger partial charge in [-0.3, -0.25) is 0 Å². The molecule has 0 aromatic heterocycles. The van der Waals surface area contributed by atoms with Crippen LogP contribution in [0.25, 0.3) is 0 Å². The van der Waals surface area contributed by atoms with E-state index in [4.69, 9.17) is 23.2 Å². The topological polar surface area (TPSA) is 24.7 Å². The Bertz CT molecular complexity index is 521. The normalized spacial score (nSPS) is 11.1. The van der Waals surface area contributed by atoms with Gasteiger partial charge in [-0.25, -0.2) is 8.78 Å². The zero-order chi connectivity index (χ0) is 13.1. The van der Waals surface area contributed by atoms with Gasteiger partial charge in [0.05, 0.1) is 10.0 Å². The van der Waals surface area contributed by atoms with Crippen LogP contribution >= 0.6 is 23.2 Å². The maximum Gasteiger partial charge on any atom is 0.152 e. The fourth-order valence-corrected chi connectivity index (χ4v) is 1.61. The zero-order valence-corrected chi connectivity index (χ0v) is 10.3. The molecule has 0 saturated heterocycles. The second kappa shape index (κ2) is 5.42. The smallest absolute Gasteiger partial charge is 0.152 e. The Labute approximate surface area is 112 Å². The number of halogens is 4. The van der Waals surface area contributed by atoms with Crippen LogP contribution in [0.15, 0.2) is 40.6 Å². The van der Waals surface area contributed by atoms with Crippen LogP contribution in [0, 0.1) is 17.7 Å². The highest BCUT2D eigenvalue weighted by Crippen LogP contribution is 2.32. The van der Waals surface area contributed by atoms with E-state index >= 15 is 0 Å². The summed E-state index contributed by atoms with van der Waals surface area (Å²) in [7, 11) is 0. The molecule has 18 heavy (non-hydrogen) atoms. The van der Waals surface area contributed by atoms with Gasteiger partial charge < -0.3 is 0 Å². The van der Waals surface area contributed by atoms with Crippen LogP contribution in [0.1, 0.15) is 0 Å². The second-order valence-corrected chi connectivity index (χ2v) is 4.08. The lowest BCUT2D eigenvalue weighted by Crippen LogP contribution is -1.78. The quantitative estimate of drug-likeness (QED) is 0.652. The first kappa shape index (κ1) is 12.9. The summed E-state index contributed by atoms with van der Waals surface area (Å²) in [4.78, 5) is 0. The van der Waals surface area contributed by atoms with E-state index in [-0.39, 0.29) is 21.4 Å². The monoisotopic (exact) mass is 285 g/mol. The van der Waals surface area contributed by atoms with Crippen LogP contribution in [0.5, 0.6) is 0 Å². The molecule has 0 fully saturated rings. The molecule has 2 aromatic rings. The van der Waals surface area contributed by atoms with E-state index in [1.54, 1.807) is 0 Å². The summed E-state index contributed by atoms with van der Waals surface area (Å²) in [6.07, 6.45) is 0. The van der Waals surface area contributed by atoms with Crippen molar-refractivity contribution in [2.75, 3.05) is 0 Å². The summed E-state index contributed by atoms with van der Waals surface area (Å²) in [6.45, 7) is 0. The van der Waals surface area contributed by atoms with Crippen molar-refractivity contribution in [2.45, 2.75) is 0 Å². The highest BCUT2D eigenvalue weighted by atomic mass is 35.5. The molecule has 0 aliphatic rings. The van der Waals surface area contributed by atoms with Crippen LogP contribution in [0.3, 0.4) is 0 Å². The molecule has 0 N–H and O–H groups in total. The van der Waals surface area contributed by atoms with Gasteiger partial charge in [-0.05, 0) is 30.3 Å². The molecule has 0 spiro atoms. The Morgan fingerprint density at radius 3 is 2.17 bits per heavy atom. The van der Waals surface area contributed by atoms with Gasteiger partial charge in [0.2, 0.25) is 0 Å². The van der Waals surface area contributed by atoms with Gasteiger partial charge in [0.25, 0.3) is 0 Å². The van der Waals surface area contributed by atoms with Crippen LogP contribution in [0.2, 0.25) is 10.0 Å². The lowest BCUT2D eigenvalue weighted by molar-refractivity contribution is 0.623. The van der Waals surface area contributed by atoms with Gasteiger partial charge in [0.1, 0.15) is 11.4 Å². The number of nitrogens with zero attached hydrogens (tertiary/aromatic N) is 2. The number of rotatable bonds is 2. The van der Waals surface area contributed by atoms with Gasteiger partial charge in [-0.15, -0.1) is 10.2 Å². The Hall–Kier alpha value is -1.52. The molecular formula is C12H5Cl2F2N2. The predicted molar refractivity (Wildman–Crippen MR) is 65.8 cm³/mol. The average molecular weight is 286 g/mol. The summed E-state index contributed by atoms with van der Waals surface area (Å²) in [5.74, 6) is -1.34. The van der Waals surface area contributed by atoms with Gasteiger partial charge in [0, 0.05) is 0 Å². The van der Waals surface area contributed by atoms with Crippen molar-refractivity contribution in [3.8, 4) is 0 Å². The molecular weight excluding hydrogens is 281 g/mol. The first-order valence-electron chi connectivity index (χ1n) is 4.80. The molecule has 6 heteroatoms. The molecule has 2 rings (SSSR count). The maximum absolute atomic E-state index is 13.4. The molecule has 91 valence electrons. The van der Waals surface area contributed by atoms with Gasteiger partial charge >= 0.3 is 0 Å². The molecule has 0 atom stereocenters. The predicted octanol–water partition coefficient (Wildman–Crippen LogP) is 5.49. The van der Waals surface area contributed by atoms with E-state index in [1.807, 2.05) is 0 Å². The van der Waals surface area contributed by atoms with Crippen molar-refractivity contribution < 1.29 is 8.78 Å². The minimum Gasteiger partial charge on any atom is -0.204 e. The minimum atomic E-state index is -0.696. The minimum absolute atomic E-state index is 0.0335. The summed E-state index contributed by atoms with van der Waals surface area (Å²) in [5, 5.41) is 7.26. The Morgan fingerprint density at radius 2 is 1.56 bits per heavy atom. The van der Waals surface area contributed by atoms with Crippen LogP contribution in [-0.4, -0.2) is 0 Å². The van der Waals surface area contributed by atoms with Crippen molar-refractivity contribution in [1.29, 1.82) is 0 Å². The molecule has 2 nitrogen and oxygen atoms in total. The lowest BCUT2D eigenvalue weighted by atomic mass is 10.3. The van der Waals surface area contributed by atoms with Crippen LogP contribution in [-0.2, 0) is 0 Å². The molecule has 2 aromatic carbocycles. The maximum atomic E-state index is 13.4. The summed E-state index contributed by atoms with van der Waals surface area (Å²) >= 11 is 11.5. The van der Waals surface area contributed by atoms with Crippen LogP contribution < -0.4 is 0 Å². The summed E-state index contributed by atoms with van der Waals surface area (Å²) < 4.78 is 26.7. The Kier molecular flexibility index (Phi) is 3.89. The Balaban J connectivity index is 2.43. The highest BCUT2D eigenvalue weighted by Gasteiger charge is 2.08. The highest BCUT2D eigenvalue weighted by molar-refractivity contribution is 6.33. The molecule has 1 radical (unpaired) electrons. The largest absolute Gasteiger partial charge is 0.204 e. The third-order valence-corrected chi connectivity index (χ3v) is 2.65. The van der Waals surface area contributed by atoms with E-state index in [0.717, 1.165) is 6.07 Å². The number of benzene rings is 2. The summed E-state index contributed by atoms with van der Waals surface area (Å²) in [6, 6.07) is 8.94. The zero-order valence-electron chi connectivity index (χ0n) is 8.79. The third-order valence-electron chi connectivity index (χ3n) is 2.06. The fraction of sp³-hybridized carbons (Fsp3) is 0. The average Bonchev–Trinajstić information content (AvgIpc) is 2.31. The molecule has 0 bridgehead atoms. The third kappa shape index (κ3) is 2.66. The number of azo groups is 1. The van der Waals surface area contributed by atoms with E-state index < -0.39 is 11.6 Å². The number of hydrogen-bond acceptors (Lipinski definition) is 2. The van der Waals surface area contributed by atoms with Crippen LogP contribution in [0.4, 0.5) is 20.2 Å². The Morgan fingerprint density at radius 1 is 0.889 bits per heavy atom. The van der Waals surface area contributed by atoms with Crippen molar-refractivity contribution in [3.05, 3.63) is 58.1 Å². The second-order valence-electron chi connectivity index (χ2n) is 3.27. The van der Waals surface area contributed by atoms with E-state index in [0.29, 0.717) is 0 Å². The fourth-order valence-electron chi connectivity index (χ4n) is 1.22. The molecule has 0 aliphatic heterocycles. The van der Waals surface area contributed by atoms with Gasteiger partial charge in [-0.2, -0.15) is 0 Å². The van der Waals surface area contributed by atoms with Gasteiger partial charge in [0.15, 0.2) is 11.6 Å². The molecule has 0 unspecified atom stereocenters. The standard InChI is InChI=1S/C12H5Cl2F2N2/c13-7-3-1-5-9(15)11(7)17-18-12-8(14)4-2-6-10(12)16/h1,3-6H/b18-17+. The van der Waals surface area contributed by atoms with E-state index in [2.05, 4.69) is 16.3 Å². The van der Waals surface area contributed by atoms with Crippen molar-refractivity contribution in [1.82, 2.24) is 0 Å². The first-order chi connectivity index (χ1) is 8.59. The number of hydrogen-bond donors (Lipinski definition) is 0. The molecule has 0 saturated carbocycles. The molecule has 0 heterocycles. The van der Waals surface area contributed by atoms with Crippen molar-refractivity contribution in [3.63, 3.8) is 0 Å². The summed E-state index contributed by atoms with van der Waals surface area (Å²) in [5.41, 5.74) is -0.350. The van der Waals surface area contributed by atoms with Crippen molar-refractivity contribution >= 4 is 34.6 Å². The van der Waals surface area contributed by atoms with E-state index in [9.17, 15) is 8.78 Å². The van der Waals surface area contributed by atoms with Crippen molar-refractivity contribution in [2.24, 2.45) is 10.2 Å². The first-order valence-corrected chi connectivity index (χ1v) is 5.56. The molecule has 0 amide bonds. The molecule has 0 aliphatic carbocycles. The van der Waals surface area contributed by atoms with E-state index in [1.165, 1.54) is 24.3 Å². The van der Waals surface area contributed by atoms with Gasteiger partial charge in [-0.1, -0.05) is 29.3 Å².